The van der Waals surface area contributed by atoms with Gasteiger partial charge < -0.3 is 8.83 Å². The van der Waals surface area contributed by atoms with Crippen LogP contribution in [0.1, 0.15) is 116 Å². The summed E-state index contributed by atoms with van der Waals surface area (Å²) in [7, 11) is 0. The van der Waals surface area contributed by atoms with Crippen molar-refractivity contribution in [3.05, 3.63) is 440 Å². The first kappa shape index (κ1) is 88.7. The molecule has 20 aromatic carbocycles. The van der Waals surface area contributed by atoms with Gasteiger partial charge in [0.1, 0.15) is 22.3 Å². The minimum Gasteiger partial charge on any atom is -0.456 e. The lowest BCUT2D eigenvalue weighted by Crippen LogP contribution is -2.43. The molecular formula is C135H103N9O2. The van der Waals surface area contributed by atoms with E-state index in [0.717, 1.165) is 93.9 Å². The van der Waals surface area contributed by atoms with E-state index in [1.54, 1.807) is 0 Å². The lowest BCUT2D eigenvalue weighted by molar-refractivity contribution is 0.299. The Balaban J connectivity index is 0.000000112. The molecule has 146 heavy (non-hydrogen) atoms. The van der Waals surface area contributed by atoms with Crippen molar-refractivity contribution in [1.82, 2.24) is 44.9 Å². The van der Waals surface area contributed by atoms with Crippen LogP contribution in [-0.4, -0.2) is 44.9 Å². The smallest absolute Gasteiger partial charge is 0.164 e. The molecule has 0 N–H and O–H groups in total. The van der Waals surface area contributed by atoms with Crippen molar-refractivity contribution < 1.29 is 8.83 Å². The summed E-state index contributed by atoms with van der Waals surface area (Å²) in [6.07, 6.45) is 0. The van der Waals surface area contributed by atoms with Gasteiger partial charge in [0.2, 0.25) is 0 Å². The van der Waals surface area contributed by atoms with Crippen molar-refractivity contribution >= 4 is 109 Å². The molecule has 3 aliphatic rings. The molecule has 0 unspecified atom stereocenters. The predicted molar refractivity (Wildman–Crippen MR) is 602 cm³/mol. The molecule has 11 heteroatoms. The van der Waals surface area contributed by atoms with Crippen LogP contribution in [0, 0.1) is 0 Å². The Morgan fingerprint density at radius 2 is 0.418 bits per heavy atom. The van der Waals surface area contributed by atoms with Gasteiger partial charge in [-0.25, -0.2) is 44.9 Å². The second-order valence-corrected chi connectivity index (χ2v) is 42.6. The zero-order valence-corrected chi connectivity index (χ0v) is 83.5. The van der Waals surface area contributed by atoms with Gasteiger partial charge in [-0.1, -0.05) is 423 Å². The standard InChI is InChI=1S/2C47H35N3O.C41H33N3/c1-46(2)38-27-30(22-23-33(38)35-26-25-32-31-16-9-8-13-28(31)21-24-34(32)42(35)47(46,3)4)44-48-43(29-14-6-5-7-15-29)49-45(50-44)37-18-12-20-40-41(37)36-17-10-11-19-39(36)51-40;1-46(2)38-26-31(23-24-33(38)37-27-36-30(25-39(37)47(46,3)4)22-21-28-13-8-9-16-32(28)36)44-48-43(29-14-6-5-7-15-29)49-45(50-44)35-18-12-20-41-42(35)34-17-10-11-19-40(34)51-41;1-40(2)35-24-30(39-43-37(27-14-7-5-8-15-27)42-38(44-39)28-16-9-6-10-17-28)21-22-32(35)34-25-33-29(23-36(34)41(40,3)4)20-19-26-13-11-12-18-31(26)33/h2*5-27H,1-4H3;5-25H,1-4H3. The van der Waals surface area contributed by atoms with Gasteiger partial charge in [0.15, 0.2) is 52.4 Å². The fourth-order valence-electron chi connectivity index (χ4n) is 23.4. The summed E-state index contributed by atoms with van der Waals surface area (Å²) in [6.45, 7) is 28.6. The molecule has 0 saturated heterocycles. The molecule has 700 valence electrons. The molecule has 5 aromatic heterocycles. The maximum absolute atomic E-state index is 6.26. The highest BCUT2D eigenvalue weighted by Gasteiger charge is 2.50. The third kappa shape index (κ3) is 14.2. The molecule has 0 amide bonds. The number of aromatic nitrogens is 9. The maximum atomic E-state index is 6.26. The Bertz CT molecular complexity index is 9640. The Morgan fingerprint density at radius 1 is 0.151 bits per heavy atom. The van der Waals surface area contributed by atoms with Gasteiger partial charge in [0.05, 0.1) is 0 Å². The highest BCUT2D eigenvalue weighted by molar-refractivity contribution is 6.16. The summed E-state index contributed by atoms with van der Waals surface area (Å²) in [4.78, 5) is 45.9. The van der Waals surface area contributed by atoms with E-state index in [1.807, 2.05) is 133 Å². The Hall–Kier alpha value is -17.4. The van der Waals surface area contributed by atoms with E-state index in [9.17, 15) is 0 Å². The second kappa shape index (κ2) is 33.6. The Labute approximate surface area is 847 Å². The monoisotopic (exact) mass is 1880 g/mol. The second-order valence-electron chi connectivity index (χ2n) is 42.6. The fraction of sp³-hybridized carbons (Fsp3) is 0.133. The lowest BCUT2D eigenvalue weighted by atomic mass is 9.54. The quantitative estimate of drug-likeness (QED) is 0.127. The average Bonchev–Trinajstić information content (AvgIpc) is 0.960. The summed E-state index contributed by atoms with van der Waals surface area (Å²) < 4.78 is 12.5. The number of furan rings is 2. The first-order valence-electron chi connectivity index (χ1n) is 50.5. The predicted octanol–water partition coefficient (Wildman–Crippen LogP) is 35.0. The van der Waals surface area contributed by atoms with E-state index >= 15 is 0 Å². The summed E-state index contributed by atoms with van der Waals surface area (Å²) in [5, 5.41) is 19.6. The third-order valence-corrected chi connectivity index (χ3v) is 33.4. The van der Waals surface area contributed by atoms with Crippen LogP contribution in [0.2, 0.25) is 0 Å². The first-order chi connectivity index (χ1) is 70.9. The number of benzene rings is 20. The topological polar surface area (TPSA) is 142 Å². The van der Waals surface area contributed by atoms with E-state index < -0.39 is 0 Å². The number of hydrogen-bond donors (Lipinski definition) is 0. The van der Waals surface area contributed by atoms with Crippen molar-refractivity contribution in [2.75, 3.05) is 0 Å². The fourth-order valence-corrected chi connectivity index (χ4v) is 23.4. The van der Waals surface area contributed by atoms with E-state index in [0.29, 0.717) is 52.4 Å². The summed E-state index contributed by atoms with van der Waals surface area (Å²) in [5.74, 6) is 5.86. The number of fused-ring (bicyclic) bond motifs is 25. The van der Waals surface area contributed by atoms with Crippen LogP contribution in [0.5, 0.6) is 0 Å². The van der Waals surface area contributed by atoms with Crippen LogP contribution in [0.4, 0.5) is 0 Å². The molecule has 0 atom stereocenters. The van der Waals surface area contributed by atoms with E-state index in [1.165, 1.54) is 131 Å². The van der Waals surface area contributed by atoms with E-state index in [2.05, 4.69) is 356 Å². The van der Waals surface area contributed by atoms with Crippen molar-refractivity contribution in [2.24, 2.45) is 0 Å². The highest BCUT2D eigenvalue weighted by atomic mass is 16.3. The average molecular weight is 1880 g/mol. The molecule has 0 fully saturated rings. The molecule has 0 aliphatic heterocycles. The molecule has 28 rings (SSSR count). The largest absolute Gasteiger partial charge is 0.456 e. The normalized spacial score (nSPS) is 14.6. The molecule has 0 radical (unpaired) electrons. The lowest BCUT2D eigenvalue weighted by Gasteiger charge is -2.49. The van der Waals surface area contributed by atoms with E-state index in [-0.39, 0.29) is 32.5 Å². The molecule has 0 spiro atoms. The molecule has 11 nitrogen and oxygen atoms in total. The summed E-state index contributed by atoms with van der Waals surface area (Å²) >= 11 is 0. The van der Waals surface area contributed by atoms with Gasteiger partial charge in [0.25, 0.3) is 0 Å². The molecule has 5 heterocycles. The molecule has 0 saturated carbocycles. The van der Waals surface area contributed by atoms with Crippen molar-refractivity contribution in [1.29, 1.82) is 0 Å². The van der Waals surface area contributed by atoms with Gasteiger partial charge in [-0.15, -0.1) is 0 Å². The van der Waals surface area contributed by atoms with Crippen molar-refractivity contribution in [3.8, 4) is 136 Å². The minimum absolute atomic E-state index is 0.114. The molecule has 3 aliphatic carbocycles. The highest BCUT2D eigenvalue weighted by Crippen LogP contribution is 2.61. The number of rotatable bonds is 9. The third-order valence-electron chi connectivity index (χ3n) is 33.4. The van der Waals surface area contributed by atoms with Crippen LogP contribution in [-0.2, 0) is 32.5 Å². The van der Waals surface area contributed by atoms with Crippen LogP contribution in [0.25, 0.3) is 244 Å². The van der Waals surface area contributed by atoms with Crippen LogP contribution in [0.15, 0.2) is 415 Å². The van der Waals surface area contributed by atoms with Crippen molar-refractivity contribution in [2.45, 2.75) is 116 Å². The van der Waals surface area contributed by atoms with Gasteiger partial charge in [-0.05, 0) is 225 Å². The van der Waals surface area contributed by atoms with Gasteiger partial charge in [-0.2, -0.15) is 0 Å². The Morgan fingerprint density at radius 3 is 0.788 bits per heavy atom. The Kier molecular flexibility index (Phi) is 20.4. The summed E-state index contributed by atoms with van der Waals surface area (Å²) in [6, 6.07) is 144. The molecule has 25 aromatic rings. The number of hydrogen-bond acceptors (Lipinski definition) is 11. The zero-order valence-electron chi connectivity index (χ0n) is 83.5. The van der Waals surface area contributed by atoms with Gasteiger partial charge in [-0.3, -0.25) is 0 Å². The van der Waals surface area contributed by atoms with Gasteiger partial charge >= 0.3 is 0 Å². The SMILES string of the molecule is CC1(C)c2cc(-c3nc(-c4ccccc4)nc(-c4cccc5oc6ccccc6c45)n3)ccc2-c2cc3c(ccc4ccccc43)cc2C1(C)C.CC1(C)c2cc(-c3nc(-c4ccccc4)nc(-c4cccc5oc6ccccc6c45)n3)ccc2-c2ccc3c(ccc4ccccc43)c2C1(C)C.CC1(C)c2cc(-c3nc(-c4ccccc4)nc(-c4ccccc4)n3)ccc2-c2cc3c(ccc4ccccc43)cc2C1(C)C. The van der Waals surface area contributed by atoms with Crippen LogP contribution < -0.4 is 0 Å². The minimum atomic E-state index is -0.204. The van der Waals surface area contributed by atoms with Crippen LogP contribution in [0.3, 0.4) is 0 Å². The van der Waals surface area contributed by atoms with Crippen molar-refractivity contribution in [3.63, 3.8) is 0 Å². The zero-order chi connectivity index (χ0) is 99.0. The summed E-state index contributed by atoms with van der Waals surface area (Å²) in [5.41, 5.74) is 26.8. The first-order valence-corrected chi connectivity index (χ1v) is 50.5. The van der Waals surface area contributed by atoms with Crippen LogP contribution >= 0.6 is 0 Å². The number of nitrogens with zero attached hydrogens (tertiary/aromatic N) is 9. The van der Waals surface area contributed by atoms with Gasteiger partial charge in [0, 0.05) is 77.0 Å². The maximum Gasteiger partial charge on any atom is 0.164 e. The van der Waals surface area contributed by atoms with E-state index in [4.69, 9.17) is 53.7 Å². The number of para-hydroxylation sites is 2. The molecular weight excluding hydrogens is 1780 g/mol. The molecule has 0 bridgehead atoms.